The second-order valence-electron chi connectivity index (χ2n) is 4.16. The molecule has 0 aromatic heterocycles. The third-order valence-electron chi connectivity index (χ3n) is 2.67. The zero-order valence-corrected chi connectivity index (χ0v) is 11.4. The number of methoxy groups -OCH3 is 1. The van der Waals surface area contributed by atoms with Crippen molar-refractivity contribution in [1.82, 2.24) is 5.32 Å². The Morgan fingerprint density at radius 3 is 2.47 bits per heavy atom. The van der Waals surface area contributed by atoms with Gasteiger partial charge in [0, 0.05) is 6.42 Å². The number of ether oxygens (including phenoxy) is 2. The van der Waals surface area contributed by atoms with Gasteiger partial charge in [-0.1, -0.05) is 6.92 Å². The molecule has 0 radical (unpaired) electrons. The van der Waals surface area contributed by atoms with Gasteiger partial charge in [0.1, 0.15) is 17.5 Å². The number of aliphatic carboxylic acids is 1. The van der Waals surface area contributed by atoms with Gasteiger partial charge in [0.2, 0.25) is 0 Å². The van der Waals surface area contributed by atoms with E-state index in [1.165, 1.54) is 0 Å². The van der Waals surface area contributed by atoms with E-state index < -0.39 is 12.0 Å². The molecule has 2 N–H and O–H groups in total. The number of rotatable bonds is 9. The Morgan fingerprint density at radius 1 is 1.32 bits per heavy atom. The second kappa shape index (κ2) is 8.37. The number of nitrogens with one attached hydrogen (secondary N) is 1. The van der Waals surface area contributed by atoms with Crippen molar-refractivity contribution in [2.45, 2.75) is 25.8 Å². The van der Waals surface area contributed by atoms with Gasteiger partial charge in [-0.25, -0.2) is 0 Å². The predicted molar refractivity (Wildman–Crippen MR) is 72.8 cm³/mol. The summed E-state index contributed by atoms with van der Waals surface area (Å²) in [6.45, 7) is 3.05. The summed E-state index contributed by atoms with van der Waals surface area (Å²) in [5, 5.41) is 12.0. The lowest BCUT2D eigenvalue weighted by Gasteiger charge is -2.14. The van der Waals surface area contributed by atoms with Gasteiger partial charge in [0.25, 0.3) is 0 Å². The van der Waals surface area contributed by atoms with Crippen LogP contribution in [0.2, 0.25) is 0 Å². The van der Waals surface area contributed by atoms with Gasteiger partial charge in [-0.05, 0) is 37.2 Å². The second-order valence-corrected chi connectivity index (χ2v) is 4.16. The first-order valence-corrected chi connectivity index (χ1v) is 6.40. The Bertz CT molecular complexity index is 378. The smallest absolute Gasteiger partial charge is 0.320 e. The maximum Gasteiger partial charge on any atom is 0.320 e. The van der Waals surface area contributed by atoms with E-state index >= 15 is 0 Å². The summed E-state index contributed by atoms with van der Waals surface area (Å²) in [6, 6.07) is 6.65. The lowest BCUT2D eigenvalue weighted by Crippen LogP contribution is -2.38. The summed E-state index contributed by atoms with van der Waals surface area (Å²) in [7, 11) is 1.60. The van der Waals surface area contributed by atoms with Crippen LogP contribution in [0.3, 0.4) is 0 Å². The van der Waals surface area contributed by atoms with E-state index in [-0.39, 0.29) is 0 Å². The molecule has 0 spiro atoms. The lowest BCUT2D eigenvalue weighted by molar-refractivity contribution is -0.139. The summed E-state index contributed by atoms with van der Waals surface area (Å²) in [5.74, 6) is 0.632. The molecule has 0 fully saturated rings. The molecule has 0 heterocycles. The minimum absolute atomic E-state index is 0.361. The molecule has 106 valence electrons. The summed E-state index contributed by atoms with van der Waals surface area (Å²) in [4.78, 5) is 11.0. The molecule has 5 nitrogen and oxygen atoms in total. The van der Waals surface area contributed by atoms with Crippen LogP contribution in [0.15, 0.2) is 24.3 Å². The quantitative estimate of drug-likeness (QED) is 0.715. The van der Waals surface area contributed by atoms with E-state index in [4.69, 9.17) is 14.6 Å². The van der Waals surface area contributed by atoms with Crippen LogP contribution >= 0.6 is 0 Å². The highest BCUT2D eigenvalue weighted by Gasteiger charge is 2.15. The van der Waals surface area contributed by atoms with Crippen LogP contribution in [0.5, 0.6) is 11.5 Å². The number of carbonyl (C=O) groups is 1. The van der Waals surface area contributed by atoms with E-state index in [0.29, 0.717) is 25.3 Å². The molecule has 0 bridgehead atoms. The fourth-order valence-electron chi connectivity index (χ4n) is 1.60. The molecule has 0 amide bonds. The average molecular weight is 267 g/mol. The van der Waals surface area contributed by atoms with Gasteiger partial charge in [0.05, 0.1) is 13.7 Å². The Hall–Kier alpha value is -1.75. The van der Waals surface area contributed by atoms with Crippen LogP contribution in [-0.4, -0.2) is 37.4 Å². The SMILES string of the molecule is CCCNC(CCOc1ccc(OC)cc1)C(=O)O. The van der Waals surface area contributed by atoms with Gasteiger partial charge in [-0.2, -0.15) is 0 Å². The molecule has 1 unspecified atom stereocenters. The first kappa shape index (κ1) is 15.3. The van der Waals surface area contributed by atoms with Gasteiger partial charge in [-0.15, -0.1) is 0 Å². The highest BCUT2D eigenvalue weighted by molar-refractivity contribution is 5.73. The van der Waals surface area contributed by atoms with Crippen molar-refractivity contribution >= 4 is 5.97 Å². The predicted octanol–water partition coefficient (Wildman–Crippen LogP) is 1.92. The number of hydrogen-bond donors (Lipinski definition) is 2. The number of hydrogen-bond acceptors (Lipinski definition) is 4. The maximum absolute atomic E-state index is 11.0. The van der Waals surface area contributed by atoms with E-state index in [9.17, 15) is 4.79 Å². The molecular weight excluding hydrogens is 246 g/mol. The van der Waals surface area contributed by atoms with Gasteiger partial charge >= 0.3 is 5.97 Å². The highest BCUT2D eigenvalue weighted by atomic mass is 16.5. The van der Waals surface area contributed by atoms with Crippen molar-refractivity contribution in [3.05, 3.63) is 24.3 Å². The third-order valence-corrected chi connectivity index (χ3v) is 2.67. The molecular formula is C14H21NO4. The van der Waals surface area contributed by atoms with Crippen molar-refractivity contribution in [2.24, 2.45) is 0 Å². The fraction of sp³-hybridized carbons (Fsp3) is 0.500. The lowest BCUT2D eigenvalue weighted by atomic mass is 10.2. The van der Waals surface area contributed by atoms with Crippen LogP contribution in [-0.2, 0) is 4.79 Å². The van der Waals surface area contributed by atoms with Gasteiger partial charge < -0.3 is 19.9 Å². The normalized spacial score (nSPS) is 11.9. The Morgan fingerprint density at radius 2 is 1.95 bits per heavy atom. The Kier molecular flexibility index (Phi) is 6.74. The van der Waals surface area contributed by atoms with Gasteiger partial charge in [0.15, 0.2) is 0 Å². The highest BCUT2D eigenvalue weighted by Crippen LogP contribution is 2.17. The molecule has 0 aliphatic heterocycles. The fourth-order valence-corrected chi connectivity index (χ4v) is 1.60. The molecule has 19 heavy (non-hydrogen) atoms. The molecule has 0 aliphatic carbocycles. The van der Waals surface area contributed by atoms with Gasteiger partial charge in [-0.3, -0.25) is 4.79 Å². The van der Waals surface area contributed by atoms with E-state index in [1.807, 2.05) is 6.92 Å². The number of carboxylic acids is 1. The van der Waals surface area contributed by atoms with Crippen molar-refractivity contribution in [3.8, 4) is 11.5 Å². The van der Waals surface area contributed by atoms with Crippen molar-refractivity contribution in [3.63, 3.8) is 0 Å². The standard InChI is InChI=1S/C14H21NO4/c1-3-9-15-13(14(16)17)8-10-19-12-6-4-11(18-2)5-7-12/h4-7,13,15H,3,8-10H2,1-2H3,(H,16,17). The van der Waals surface area contributed by atoms with Crippen LogP contribution < -0.4 is 14.8 Å². The third kappa shape index (κ3) is 5.61. The summed E-state index contributed by atoms with van der Waals surface area (Å²) >= 11 is 0. The summed E-state index contributed by atoms with van der Waals surface area (Å²) in [5.41, 5.74) is 0. The number of carboxylic acid groups (broad SMARTS) is 1. The summed E-state index contributed by atoms with van der Waals surface area (Å²) < 4.78 is 10.6. The largest absolute Gasteiger partial charge is 0.497 e. The molecule has 1 atom stereocenters. The van der Waals surface area contributed by atoms with E-state index in [2.05, 4.69) is 5.32 Å². The van der Waals surface area contributed by atoms with Crippen molar-refractivity contribution in [2.75, 3.05) is 20.3 Å². The van der Waals surface area contributed by atoms with E-state index in [1.54, 1.807) is 31.4 Å². The molecule has 1 aromatic carbocycles. The van der Waals surface area contributed by atoms with Crippen LogP contribution in [0.25, 0.3) is 0 Å². The average Bonchev–Trinajstić information content (AvgIpc) is 2.43. The Balaban J connectivity index is 2.36. The zero-order chi connectivity index (χ0) is 14.1. The topological polar surface area (TPSA) is 67.8 Å². The van der Waals surface area contributed by atoms with E-state index in [0.717, 1.165) is 12.2 Å². The van der Waals surface area contributed by atoms with Crippen molar-refractivity contribution < 1.29 is 19.4 Å². The first-order valence-electron chi connectivity index (χ1n) is 6.40. The molecule has 0 saturated heterocycles. The zero-order valence-electron chi connectivity index (χ0n) is 11.4. The maximum atomic E-state index is 11.0. The molecule has 0 aliphatic rings. The van der Waals surface area contributed by atoms with Crippen LogP contribution in [0.1, 0.15) is 19.8 Å². The van der Waals surface area contributed by atoms with Crippen molar-refractivity contribution in [1.29, 1.82) is 0 Å². The minimum atomic E-state index is -0.841. The first-order chi connectivity index (χ1) is 9.17. The molecule has 1 rings (SSSR count). The molecule has 5 heteroatoms. The molecule has 1 aromatic rings. The summed E-state index contributed by atoms with van der Waals surface area (Å²) in [6.07, 6.45) is 1.34. The molecule has 0 saturated carbocycles. The van der Waals surface area contributed by atoms with Crippen LogP contribution in [0.4, 0.5) is 0 Å². The van der Waals surface area contributed by atoms with Crippen LogP contribution in [0, 0.1) is 0 Å². The number of benzene rings is 1. The monoisotopic (exact) mass is 267 g/mol. The Labute approximate surface area is 113 Å². The minimum Gasteiger partial charge on any atom is -0.497 e.